The molecular formula is C9H21NOSi. The molecule has 12 heavy (non-hydrogen) atoms. The Labute approximate surface area is 77.2 Å². The summed E-state index contributed by atoms with van der Waals surface area (Å²) in [6.45, 7) is 10.4. The van der Waals surface area contributed by atoms with E-state index in [1.165, 1.54) is 12.5 Å². The average molecular weight is 187 g/mol. The van der Waals surface area contributed by atoms with Gasteiger partial charge in [-0.15, -0.1) is 0 Å². The maximum atomic E-state index is 5.70. The van der Waals surface area contributed by atoms with Crippen molar-refractivity contribution in [3.63, 3.8) is 0 Å². The lowest BCUT2D eigenvalue weighted by Gasteiger charge is -2.21. The molecule has 0 fully saturated rings. The lowest BCUT2D eigenvalue weighted by Crippen LogP contribution is -2.30. The van der Waals surface area contributed by atoms with Crippen molar-refractivity contribution < 1.29 is 4.43 Å². The van der Waals surface area contributed by atoms with E-state index in [4.69, 9.17) is 4.43 Å². The molecule has 0 aliphatic heterocycles. The van der Waals surface area contributed by atoms with E-state index >= 15 is 0 Å². The highest BCUT2D eigenvalue weighted by Gasteiger charge is 2.20. The monoisotopic (exact) mass is 187 g/mol. The topological polar surface area (TPSA) is 21.6 Å². The van der Waals surface area contributed by atoms with Gasteiger partial charge in [-0.2, -0.15) is 0 Å². The Kier molecular flexibility index (Phi) is 6.29. The van der Waals surface area contributed by atoms with Gasteiger partial charge in [0.2, 0.25) is 0 Å². The normalized spacial score (nSPS) is 12.7. The average Bonchev–Trinajstić information content (AvgIpc) is 1.98. The third-order valence-corrected chi connectivity index (χ3v) is 4.41. The zero-order valence-corrected chi connectivity index (χ0v) is 9.76. The molecule has 0 heterocycles. The molecule has 0 radical (unpaired) electrons. The number of rotatable bonds is 6. The Hall–Kier alpha value is -0.153. The lowest BCUT2D eigenvalue weighted by molar-refractivity contribution is 0.328. The SMILES string of the molecule is CC=NCCC[Si](C)(C)OCC. The molecule has 0 aromatic heterocycles. The minimum atomic E-state index is -1.33. The molecule has 2 nitrogen and oxygen atoms in total. The molecule has 0 saturated heterocycles. The molecule has 0 spiro atoms. The van der Waals surface area contributed by atoms with E-state index in [2.05, 4.69) is 25.0 Å². The summed E-state index contributed by atoms with van der Waals surface area (Å²) >= 11 is 0. The van der Waals surface area contributed by atoms with E-state index in [9.17, 15) is 0 Å². The Morgan fingerprint density at radius 2 is 2.08 bits per heavy atom. The summed E-state index contributed by atoms with van der Waals surface area (Å²) in [4.78, 5) is 4.18. The minimum Gasteiger partial charge on any atom is -0.418 e. The van der Waals surface area contributed by atoms with Crippen LogP contribution in [0.2, 0.25) is 19.1 Å². The fourth-order valence-electron chi connectivity index (χ4n) is 1.19. The van der Waals surface area contributed by atoms with E-state index in [1.807, 2.05) is 13.1 Å². The van der Waals surface area contributed by atoms with Crippen LogP contribution in [0.3, 0.4) is 0 Å². The van der Waals surface area contributed by atoms with Crippen molar-refractivity contribution in [3.8, 4) is 0 Å². The number of hydrogen-bond acceptors (Lipinski definition) is 2. The van der Waals surface area contributed by atoms with Crippen molar-refractivity contribution in [2.24, 2.45) is 4.99 Å². The van der Waals surface area contributed by atoms with Gasteiger partial charge >= 0.3 is 0 Å². The van der Waals surface area contributed by atoms with Crippen LogP contribution in [0.5, 0.6) is 0 Å². The maximum absolute atomic E-state index is 5.70. The first-order chi connectivity index (χ1) is 5.62. The van der Waals surface area contributed by atoms with E-state index in [1.54, 1.807) is 0 Å². The smallest absolute Gasteiger partial charge is 0.186 e. The summed E-state index contributed by atoms with van der Waals surface area (Å²) in [7, 11) is -1.33. The molecule has 0 aliphatic rings. The highest BCUT2D eigenvalue weighted by molar-refractivity contribution is 6.71. The van der Waals surface area contributed by atoms with E-state index in [0.29, 0.717) is 0 Å². The predicted molar refractivity (Wildman–Crippen MR) is 57.6 cm³/mol. The summed E-state index contributed by atoms with van der Waals surface area (Å²) in [6, 6.07) is 1.22. The minimum absolute atomic E-state index is 0.857. The van der Waals surface area contributed by atoms with Crippen LogP contribution < -0.4 is 0 Å². The first-order valence-electron chi connectivity index (χ1n) is 4.71. The van der Waals surface area contributed by atoms with Crippen LogP contribution in [-0.4, -0.2) is 27.7 Å². The van der Waals surface area contributed by atoms with E-state index in [0.717, 1.165) is 13.2 Å². The van der Waals surface area contributed by atoms with Crippen LogP contribution in [0, 0.1) is 0 Å². The molecular weight excluding hydrogens is 166 g/mol. The zero-order valence-electron chi connectivity index (χ0n) is 8.76. The summed E-state index contributed by atoms with van der Waals surface area (Å²) in [5, 5.41) is 0. The third kappa shape index (κ3) is 6.55. The molecule has 0 aromatic rings. The zero-order chi connectivity index (χ0) is 9.45. The van der Waals surface area contributed by atoms with Gasteiger partial charge in [-0.05, 0) is 45.6 Å². The predicted octanol–water partition coefficient (Wildman–Crippen LogP) is 2.71. The first kappa shape index (κ1) is 11.8. The Bertz CT molecular complexity index is 134. The molecule has 0 N–H and O–H groups in total. The van der Waals surface area contributed by atoms with Gasteiger partial charge in [0, 0.05) is 13.2 Å². The molecule has 0 rings (SSSR count). The summed E-state index contributed by atoms with van der Waals surface area (Å²) < 4.78 is 5.70. The van der Waals surface area contributed by atoms with Crippen molar-refractivity contribution in [2.45, 2.75) is 39.4 Å². The largest absolute Gasteiger partial charge is 0.418 e. The summed E-state index contributed by atoms with van der Waals surface area (Å²) in [5.74, 6) is 0. The maximum Gasteiger partial charge on any atom is 0.186 e. The van der Waals surface area contributed by atoms with Gasteiger partial charge in [0.1, 0.15) is 0 Å². The van der Waals surface area contributed by atoms with Gasteiger partial charge in [-0.1, -0.05) is 0 Å². The highest BCUT2D eigenvalue weighted by Crippen LogP contribution is 2.13. The van der Waals surface area contributed by atoms with Gasteiger partial charge in [-0.3, -0.25) is 4.99 Å². The Morgan fingerprint density at radius 1 is 1.42 bits per heavy atom. The fourth-order valence-corrected chi connectivity index (χ4v) is 3.12. The molecule has 0 atom stereocenters. The van der Waals surface area contributed by atoms with Crippen molar-refractivity contribution in [3.05, 3.63) is 0 Å². The van der Waals surface area contributed by atoms with Crippen LogP contribution in [0.1, 0.15) is 20.3 Å². The van der Waals surface area contributed by atoms with Crippen molar-refractivity contribution >= 4 is 14.5 Å². The molecule has 0 aliphatic carbocycles. The third-order valence-electron chi connectivity index (χ3n) is 1.78. The number of aliphatic imine (C=N–C) groups is 1. The molecule has 0 unspecified atom stereocenters. The molecule has 0 aromatic carbocycles. The van der Waals surface area contributed by atoms with E-state index in [-0.39, 0.29) is 0 Å². The Balaban J connectivity index is 3.46. The van der Waals surface area contributed by atoms with Gasteiger partial charge in [0.05, 0.1) is 0 Å². The van der Waals surface area contributed by atoms with Crippen LogP contribution in [0.4, 0.5) is 0 Å². The summed E-state index contributed by atoms with van der Waals surface area (Å²) in [5.41, 5.74) is 0. The molecule has 0 amide bonds. The van der Waals surface area contributed by atoms with E-state index < -0.39 is 8.32 Å². The fraction of sp³-hybridized carbons (Fsp3) is 0.889. The quantitative estimate of drug-likeness (QED) is 0.356. The van der Waals surface area contributed by atoms with Gasteiger partial charge in [-0.25, -0.2) is 0 Å². The second-order valence-corrected chi connectivity index (χ2v) is 7.77. The van der Waals surface area contributed by atoms with Crippen molar-refractivity contribution in [1.82, 2.24) is 0 Å². The Morgan fingerprint density at radius 3 is 2.58 bits per heavy atom. The number of nitrogens with zero attached hydrogens (tertiary/aromatic N) is 1. The number of hydrogen-bond donors (Lipinski definition) is 0. The van der Waals surface area contributed by atoms with Crippen molar-refractivity contribution in [1.29, 1.82) is 0 Å². The van der Waals surface area contributed by atoms with Crippen LogP contribution in [-0.2, 0) is 4.43 Å². The van der Waals surface area contributed by atoms with Gasteiger partial charge in [0.25, 0.3) is 0 Å². The molecule has 72 valence electrons. The molecule has 0 saturated carbocycles. The van der Waals surface area contributed by atoms with Crippen LogP contribution >= 0.6 is 0 Å². The van der Waals surface area contributed by atoms with Crippen LogP contribution in [0.25, 0.3) is 0 Å². The highest BCUT2D eigenvalue weighted by atomic mass is 28.4. The van der Waals surface area contributed by atoms with Crippen LogP contribution in [0.15, 0.2) is 4.99 Å². The van der Waals surface area contributed by atoms with Crippen molar-refractivity contribution in [2.75, 3.05) is 13.2 Å². The lowest BCUT2D eigenvalue weighted by atomic mass is 10.5. The van der Waals surface area contributed by atoms with Gasteiger partial charge in [0.15, 0.2) is 8.32 Å². The molecule has 3 heteroatoms. The first-order valence-corrected chi connectivity index (χ1v) is 7.82. The molecule has 0 bridgehead atoms. The second-order valence-electron chi connectivity index (χ2n) is 3.46. The van der Waals surface area contributed by atoms with Gasteiger partial charge < -0.3 is 4.43 Å². The summed E-state index contributed by atoms with van der Waals surface area (Å²) in [6.07, 6.45) is 3.04. The standard InChI is InChI=1S/C9H21NOSi/c1-5-10-8-7-9-12(3,4)11-6-2/h5H,6-9H2,1-4H3. The second kappa shape index (κ2) is 6.37.